The highest BCUT2D eigenvalue weighted by Crippen LogP contribution is 2.23. The Kier molecular flexibility index (Phi) is 7.20. The topological polar surface area (TPSA) is 41.1 Å². The van der Waals surface area contributed by atoms with Crippen LogP contribution in [0.4, 0.5) is 5.69 Å². The number of hydrogen-bond acceptors (Lipinski definition) is 2. The van der Waals surface area contributed by atoms with Gasteiger partial charge in [-0.3, -0.25) is 4.79 Å². The molecule has 3 heteroatoms. The summed E-state index contributed by atoms with van der Waals surface area (Å²) in [6.45, 7) is 8.88. The summed E-state index contributed by atoms with van der Waals surface area (Å²) < 4.78 is 0. The van der Waals surface area contributed by atoms with Crippen LogP contribution in [0.25, 0.3) is 0 Å². The minimum atomic E-state index is 0.0113. The van der Waals surface area contributed by atoms with E-state index in [0.717, 1.165) is 18.5 Å². The van der Waals surface area contributed by atoms with Gasteiger partial charge in [-0.15, -0.1) is 0 Å². The third-order valence-corrected chi connectivity index (χ3v) is 4.57. The van der Waals surface area contributed by atoms with Crippen molar-refractivity contribution in [3.8, 4) is 0 Å². The number of para-hydroxylation sites is 1. The number of amides is 1. The fourth-order valence-corrected chi connectivity index (χ4v) is 3.19. The first kappa shape index (κ1) is 19.2. The first-order chi connectivity index (χ1) is 12.1. The van der Waals surface area contributed by atoms with Crippen LogP contribution in [-0.2, 0) is 17.6 Å². The van der Waals surface area contributed by atoms with Gasteiger partial charge in [0, 0.05) is 11.7 Å². The SMILES string of the molecule is CCc1cccc(CC)c1NC(=O)CN[C@@H](c1ccccc1)C(C)C. The minimum absolute atomic E-state index is 0.0113. The lowest BCUT2D eigenvalue weighted by molar-refractivity contribution is -0.115. The van der Waals surface area contributed by atoms with Crippen molar-refractivity contribution in [3.63, 3.8) is 0 Å². The molecule has 25 heavy (non-hydrogen) atoms. The maximum Gasteiger partial charge on any atom is 0.238 e. The van der Waals surface area contributed by atoms with E-state index in [1.807, 2.05) is 18.2 Å². The average Bonchev–Trinajstić information content (AvgIpc) is 2.62. The highest BCUT2D eigenvalue weighted by atomic mass is 16.1. The van der Waals surface area contributed by atoms with Crippen LogP contribution in [0.2, 0.25) is 0 Å². The standard InChI is InChI=1S/C22H30N2O/c1-5-17-13-10-14-18(6-2)22(17)24-20(25)15-23-21(16(3)4)19-11-8-7-9-12-19/h7-14,16,21,23H,5-6,15H2,1-4H3,(H,24,25)/t21-/m1/s1. The van der Waals surface area contributed by atoms with E-state index >= 15 is 0 Å². The van der Waals surface area contributed by atoms with Gasteiger partial charge in [0.15, 0.2) is 0 Å². The fraction of sp³-hybridized carbons (Fsp3) is 0.409. The second kappa shape index (κ2) is 9.38. The van der Waals surface area contributed by atoms with Crippen molar-refractivity contribution in [1.82, 2.24) is 5.32 Å². The number of carbonyl (C=O) groups excluding carboxylic acids is 1. The van der Waals surface area contributed by atoms with Gasteiger partial charge in [-0.05, 0) is 35.4 Å². The van der Waals surface area contributed by atoms with Gasteiger partial charge in [-0.25, -0.2) is 0 Å². The maximum absolute atomic E-state index is 12.5. The summed E-state index contributed by atoms with van der Waals surface area (Å²) in [6.07, 6.45) is 1.82. The van der Waals surface area contributed by atoms with E-state index < -0.39 is 0 Å². The number of benzene rings is 2. The van der Waals surface area contributed by atoms with Gasteiger partial charge in [0.05, 0.1) is 6.54 Å². The largest absolute Gasteiger partial charge is 0.324 e. The molecule has 2 aromatic carbocycles. The zero-order valence-electron chi connectivity index (χ0n) is 15.8. The molecule has 0 aliphatic heterocycles. The van der Waals surface area contributed by atoms with Gasteiger partial charge in [-0.1, -0.05) is 76.2 Å². The molecule has 0 aliphatic carbocycles. The molecular weight excluding hydrogens is 308 g/mol. The summed E-state index contributed by atoms with van der Waals surface area (Å²) in [4.78, 5) is 12.5. The molecule has 2 N–H and O–H groups in total. The molecule has 3 nitrogen and oxygen atoms in total. The zero-order chi connectivity index (χ0) is 18.2. The van der Waals surface area contributed by atoms with E-state index in [2.05, 4.69) is 68.7 Å². The van der Waals surface area contributed by atoms with Crippen LogP contribution in [0, 0.1) is 5.92 Å². The quantitative estimate of drug-likeness (QED) is 0.730. The summed E-state index contributed by atoms with van der Waals surface area (Å²) in [5, 5.41) is 6.54. The molecule has 134 valence electrons. The molecule has 0 fully saturated rings. The minimum Gasteiger partial charge on any atom is -0.324 e. The zero-order valence-corrected chi connectivity index (χ0v) is 15.8. The highest BCUT2D eigenvalue weighted by Gasteiger charge is 2.17. The first-order valence-electron chi connectivity index (χ1n) is 9.25. The summed E-state index contributed by atoms with van der Waals surface area (Å²) in [6, 6.07) is 16.7. The third-order valence-electron chi connectivity index (χ3n) is 4.57. The fourth-order valence-electron chi connectivity index (χ4n) is 3.19. The molecule has 1 amide bonds. The summed E-state index contributed by atoms with van der Waals surface area (Å²) in [5.74, 6) is 0.418. The summed E-state index contributed by atoms with van der Waals surface area (Å²) in [7, 11) is 0. The number of hydrogen-bond donors (Lipinski definition) is 2. The van der Waals surface area contributed by atoms with E-state index in [1.165, 1.54) is 16.7 Å². The molecule has 0 heterocycles. The van der Waals surface area contributed by atoms with E-state index in [0.29, 0.717) is 12.5 Å². The Bertz CT molecular complexity index is 657. The lowest BCUT2D eigenvalue weighted by Gasteiger charge is -2.23. The number of nitrogens with one attached hydrogen (secondary N) is 2. The Hall–Kier alpha value is -2.13. The van der Waals surface area contributed by atoms with E-state index in [9.17, 15) is 4.79 Å². The van der Waals surface area contributed by atoms with Crippen molar-refractivity contribution >= 4 is 11.6 Å². The van der Waals surface area contributed by atoms with Crippen LogP contribution < -0.4 is 10.6 Å². The molecule has 2 aromatic rings. The van der Waals surface area contributed by atoms with Gasteiger partial charge in [0.25, 0.3) is 0 Å². The van der Waals surface area contributed by atoms with Crippen molar-refractivity contribution in [2.75, 3.05) is 11.9 Å². The van der Waals surface area contributed by atoms with Crippen LogP contribution in [0.3, 0.4) is 0 Å². The Labute approximate surface area is 151 Å². The van der Waals surface area contributed by atoms with E-state index in [-0.39, 0.29) is 11.9 Å². The first-order valence-corrected chi connectivity index (χ1v) is 9.25. The number of anilines is 1. The van der Waals surface area contributed by atoms with Crippen LogP contribution in [0.15, 0.2) is 48.5 Å². The number of carbonyl (C=O) groups is 1. The predicted molar refractivity (Wildman–Crippen MR) is 106 cm³/mol. The smallest absolute Gasteiger partial charge is 0.238 e. The van der Waals surface area contributed by atoms with Crippen molar-refractivity contribution in [3.05, 3.63) is 65.2 Å². The Morgan fingerprint density at radius 1 is 0.920 bits per heavy atom. The molecule has 2 rings (SSSR count). The lowest BCUT2D eigenvalue weighted by Crippen LogP contribution is -2.34. The van der Waals surface area contributed by atoms with Gasteiger partial charge in [0.2, 0.25) is 5.91 Å². The van der Waals surface area contributed by atoms with Crippen molar-refractivity contribution < 1.29 is 4.79 Å². The number of aryl methyl sites for hydroxylation is 2. The van der Waals surface area contributed by atoms with Crippen LogP contribution >= 0.6 is 0 Å². The van der Waals surface area contributed by atoms with Crippen LogP contribution in [0.5, 0.6) is 0 Å². The molecule has 0 radical (unpaired) electrons. The Balaban J connectivity index is 2.05. The van der Waals surface area contributed by atoms with Crippen molar-refractivity contribution in [2.45, 2.75) is 46.6 Å². The van der Waals surface area contributed by atoms with E-state index in [4.69, 9.17) is 0 Å². The second-order valence-corrected chi connectivity index (χ2v) is 6.72. The van der Waals surface area contributed by atoms with Gasteiger partial charge in [-0.2, -0.15) is 0 Å². The van der Waals surface area contributed by atoms with Crippen molar-refractivity contribution in [2.24, 2.45) is 5.92 Å². The lowest BCUT2D eigenvalue weighted by atomic mass is 9.96. The monoisotopic (exact) mass is 338 g/mol. The van der Waals surface area contributed by atoms with Crippen LogP contribution in [0.1, 0.15) is 50.4 Å². The summed E-state index contributed by atoms with van der Waals surface area (Å²) >= 11 is 0. The Morgan fingerprint density at radius 2 is 1.52 bits per heavy atom. The van der Waals surface area contributed by atoms with Crippen LogP contribution in [-0.4, -0.2) is 12.5 Å². The van der Waals surface area contributed by atoms with Gasteiger partial charge in [0.1, 0.15) is 0 Å². The molecule has 0 bridgehead atoms. The third kappa shape index (κ3) is 5.17. The molecule has 0 aliphatic rings. The molecule has 0 aromatic heterocycles. The van der Waals surface area contributed by atoms with E-state index in [1.54, 1.807) is 0 Å². The number of rotatable bonds is 8. The Morgan fingerprint density at radius 3 is 2.04 bits per heavy atom. The molecule has 1 atom stereocenters. The molecule has 0 spiro atoms. The normalized spacial score (nSPS) is 12.2. The highest BCUT2D eigenvalue weighted by molar-refractivity contribution is 5.93. The predicted octanol–water partition coefficient (Wildman–Crippen LogP) is 4.74. The van der Waals surface area contributed by atoms with Gasteiger partial charge >= 0.3 is 0 Å². The average molecular weight is 338 g/mol. The maximum atomic E-state index is 12.5. The van der Waals surface area contributed by atoms with Crippen molar-refractivity contribution in [1.29, 1.82) is 0 Å². The molecule has 0 saturated carbocycles. The molecular formula is C22H30N2O. The summed E-state index contributed by atoms with van der Waals surface area (Å²) in [5.41, 5.74) is 4.58. The van der Waals surface area contributed by atoms with Gasteiger partial charge < -0.3 is 10.6 Å². The molecule has 0 saturated heterocycles. The second-order valence-electron chi connectivity index (χ2n) is 6.72. The molecule has 0 unspecified atom stereocenters.